The zero-order valence-electron chi connectivity index (χ0n) is 29.5. The summed E-state index contributed by atoms with van der Waals surface area (Å²) in [4.78, 5) is 30.6. The van der Waals surface area contributed by atoms with Gasteiger partial charge < -0.3 is 34.8 Å². The van der Waals surface area contributed by atoms with E-state index in [9.17, 15) is 14.7 Å². The third kappa shape index (κ3) is 14.5. The summed E-state index contributed by atoms with van der Waals surface area (Å²) in [6.07, 6.45) is 19.7. The van der Waals surface area contributed by atoms with E-state index in [1.807, 2.05) is 12.1 Å². The zero-order chi connectivity index (χ0) is 37.1. The number of hydrogen-bond donors (Lipinski definition) is 3. The van der Waals surface area contributed by atoms with E-state index in [1.165, 1.54) is 71.2 Å². The number of carbonyl (C=O) groups is 2. The third-order valence-electron chi connectivity index (χ3n) is 8.45. The van der Waals surface area contributed by atoms with Crippen LogP contribution >= 0.6 is 63.7 Å². The molecule has 0 saturated heterocycles. The van der Waals surface area contributed by atoms with E-state index in [0.717, 1.165) is 27.4 Å². The minimum atomic E-state index is -1.60. The lowest BCUT2D eigenvalue weighted by Gasteiger charge is -2.27. The molecule has 1 aromatic carbocycles. The summed E-state index contributed by atoms with van der Waals surface area (Å²) in [7, 11) is 1.51. The Morgan fingerprint density at radius 1 is 0.961 bits per heavy atom. The number of aliphatic hydroxyl groups is 1. The highest BCUT2D eigenvalue weighted by Gasteiger charge is 2.54. The lowest BCUT2D eigenvalue weighted by molar-refractivity contribution is -0.225. The van der Waals surface area contributed by atoms with Crippen molar-refractivity contribution in [2.75, 3.05) is 26.8 Å². The number of hydrogen-bond acceptors (Lipinski definition) is 8. The summed E-state index contributed by atoms with van der Waals surface area (Å²) < 4.78 is 19.7. The molecule has 0 aromatic heterocycles. The molecule has 2 heterocycles. The fraction of sp³-hybridized carbons (Fsp3) is 0.595. The number of unbranched alkanes of at least 4 members (excludes halogenated alkanes) is 9. The number of carbonyl (C=O) groups excluding carboxylic acids is 2. The van der Waals surface area contributed by atoms with Crippen LogP contribution in [0.4, 0.5) is 0 Å². The van der Waals surface area contributed by atoms with Gasteiger partial charge in [-0.2, -0.15) is 0 Å². The second-order valence-corrected chi connectivity index (χ2v) is 16.1. The molecule has 3 N–H and O–H groups in total. The predicted octanol–water partition coefficient (Wildman–Crippen LogP) is 9.37. The first kappa shape index (κ1) is 43.5. The van der Waals surface area contributed by atoms with Gasteiger partial charge in [-0.15, -0.1) is 0 Å². The van der Waals surface area contributed by atoms with Gasteiger partial charge in [-0.3, -0.25) is 9.59 Å². The number of ether oxygens (including phenoxy) is 3. The topological polar surface area (TPSA) is 128 Å². The molecule has 10 nitrogen and oxygen atoms in total. The number of aliphatic hydroxyl groups excluding tert-OH is 1. The van der Waals surface area contributed by atoms with Crippen molar-refractivity contribution >= 4 is 81.2 Å². The molecular weight excluding hydrogens is 918 g/mol. The maximum atomic E-state index is 12.8. The monoisotopic (exact) mass is 965 g/mol. The highest BCUT2D eigenvalue weighted by molar-refractivity contribution is 9.12. The molecule has 2 amide bonds. The molecule has 0 bridgehead atoms. The second kappa shape index (κ2) is 23.7. The summed E-state index contributed by atoms with van der Waals surface area (Å²) in [5.41, 5.74) is 0.874. The van der Waals surface area contributed by atoms with Gasteiger partial charge in [0.05, 0.1) is 33.6 Å². The molecule has 3 rings (SSSR count). The zero-order valence-corrected chi connectivity index (χ0v) is 35.9. The summed E-state index contributed by atoms with van der Waals surface area (Å²) in [5.74, 6) is -0.939. The lowest BCUT2D eigenvalue weighted by Crippen LogP contribution is -2.49. The Kier molecular flexibility index (Phi) is 20.3. The van der Waals surface area contributed by atoms with E-state index in [4.69, 9.17) is 19.0 Å². The Bertz CT molecular complexity index is 1400. The first-order chi connectivity index (χ1) is 24.6. The van der Waals surface area contributed by atoms with Crippen molar-refractivity contribution in [2.24, 2.45) is 5.16 Å². The molecular formula is C37H51Br4N3O7. The van der Waals surface area contributed by atoms with E-state index in [2.05, 4.69) is 98.6 Å². The number of allylic oxidation sites excluding steroid dienone is 3. The van der Waals surface area contributed by atoms with Gasteiger partial charge >= 0.3 is 5.79 Å². The fourth-order valence-electron chi connectivity index (χ4n) is 5.57. The number of methoxy groups -OCH3 is 1. The van der Waals surface area contributed by atoms with Crippen LogP contribution in [0.2, 0.25) is 0 Å². The van der Waals surface area contributed by atoms with E-state index in [1.54, 1.807) is 0 Å². The summed E-state index contributed by atoms with van der Waals surface area (Å²) in [5, 5.41) is 20.5. The number of oxime groups is 1. The Morgan fingerprint density at radius 2 is 1.63 bits per heavy atom. The highest BCUT2D eigenvalue weighted by Crippen LogP contribution is 2.41. The Hall–Kier alpha value is -1.87. The SMILES string of the molecule is CCCCCC=CCCCCCCCCC(=O)NCCc1cc(Br)c(OCCCNC(=O)C2=NOC3(CC(Br)=C(OC)C(Br)=CO3)C2O)c(Br)c1. The number of nitrogens with zero attached hydrogens (tertiary/aromatic N) is 1. The van der Waals surface area contributed by atoms with Gasteiger partial charge in [-0.05, 0) is 110 Å². The molecule has 51 heavy (non-hydrogen) atoms. The molecule has 2 atom stereocenters. The third-order valence-corrected chi connectivity index (χ3v) is 10.8. The second-order valence-electron chi connectivity index (χ2n) is 12.6. The van der Waals surface area contributed by atoms with Crippen molar-refractivity contribution < 1.29 is 33.7 Å². The predicted molar refractivity (Wildman–Crippen MR) is 215 cm³/mol. The van der Waals surface area contributed by atoms with Gasteiger partial charge in [-0.25, -0.2) is 0 Å². The van der Waals surface area contributed by atoms with Crippen LogP contribution < -0.4 is 15.4 Å². The van der Waals surface area contributed by atoms with Gasteiger partial charge in [0, 0.05) is 24.0 Å². The first-order valence-corrected chi connectivity index (χ1v) is 21.0. The molecule has 2 unspecified atom stereocenters. The molecule has 1 spiro atoms. The van der Waals surface area contributed by atoms with Crippen molar-refractivity contribution in [1.82, 2.24) is 10.6 Å². The van der Waals surface area contributed by atoms with Gasteiger partial charge in [0.1, 0.15) is 17.8 Å². The van der Waals surface area contributed by atoms with Crippen LogP contribution in [-0.4, -0.2) is 61.3 Å². The molecule has 0 saturated carbocycles. The minimum Gasteiger partial charge on any atom is -0.495 e. The average Bonchev–Trinajstić information content (AvgIpc) is 3.34. The Balaban J connectivity index is 1.27. The summed E-state index contributed by atoms with van der Waals surface area (Å²) >= 11 is 14.0. The van der Waals surface area contributed by atoms with Crippen LogP contribution in [-0.2, 0) is 30.3 Å². The number of nitrogens with one attached hydrogen (secondary N) is 2. The molecule has 1 aromatic rings. The van der Waals surface area contributed by atoms with Gasteiger partial charge in [0.2, 0.25) is 5.91 Å². The highest BCUT2D eigenvalue weighted by atomic mass is 79.9. The largest absolute Gasteiger partial charge is 0.495 e. The van der Waals surface area contributed by atoms with E-state index < -0.39 is 17.8 Å². The van der Waals surface area contributed by atoms with Crippen LogP contribution in [0.1, 0.15) is 102 Å². The molecule has 0 fully saturated rings. The number of benzene rings is 1. The normalized spacial score (nSPS) is 18.6. The molecule has 2 aliphatic rings. The van der Waals surface area contributed by atoms with Crippen LogP contribution in [0.5, 0.6) is 5.75 Å². The summed E-state index contributed by atoms with van der Waals surface area (Å²) in [6.45, 7) is 3.42. The van der Waals surface area contributed by atoms with Crippen LogP contribution in [0.15, 0.2) is 59.4 Å². The van der Waals surface area contributed by atoms with Gasteiger partial charge in [0.25, 0.3) is 5.91 Å². The molecule has 284 valence electrons. The van der Waals surface area contributed by atoms with Gasteiger partial charge in [0.15, 0.2) is 11.8 Å². The molecule has 0 aliphatic carbocycles. The summed E-state index contributed by atoms with van der Waals surface area (Å²) in [6, 6.07) is 3.97. The number of amides is 2. The molecule has 0 radical (unpaired) electrons. The van der Waals surface area contributed by atoms with Crippen LogP contribution in [0.3, 0.4) is 0 Å². The molecule has 14 heteroatoms. The number of rotatable bonds is 23. The van der Waals surface area contributed by atoms with Crippen LogP contribution in [0.25, 0.3) is 0 Å². The first-order valence-electron chi connectivity index (χ1n) is 17.8. The average molecular weight is 969 g/mol. The fourth-order valence-corrected chi connectivity index (χ4v) is 8.60. The van der Waals surface area contributed by atoms with Crippen molar-refractivity contribution in [3.63, 3.8) is 0 Å². The standard InChI is InChI=1S/C37H51Br4N3O7/c1-3-4-5-6-7-8-9-10-11-12-13-14-15-17-31(45)42-20-18-26-22-27(38)34(28(39)23-26)49-21-16-19-43-36(47)32-35(46)37(51-44-32)24-29(40)33(48-2)30(41)25-50-37/h7-8,22-23,25,35,46H,3-6,9-21,24H2,1-2H3,(H,42,45)(H,43,47). The van der Waals surface area contributed by atoms with E-state index >= 15 is 0 Å². The lowest BCUT2D eigenvalue weighted by atomic mass is 10.0. The van der Waals surface area contributed by atoms with Crippen molar-refractivity contribution in [3.8, 4) is 5.75 Å². The van der Waals surface area contributed by atoms with E-state index in [-0.39, 0.29) is 24.6 Å². The van der Waals surface area contributed by atoms with E-state index in [0.29, 0.717) is 52.9 Å². The Labute approximate surface area is 336 Å². The van der Waals surface area contributed by atoms with Gasteiger partial charge in [-0.1, -0.05) is 78.7 Å². The maximum Gasteiger partial charge on any atom is 0.311 e. The van der Waals surface area contributed by atoms with Crippen molar-refractivity contribution in [1.29, 1.82) is 0 Å². The van der Waals surface area contributed by atoms with Crippen molar-refractivity contribution in [2.45, 2.75) is 115 Å². The smallest absolute Gasteiger partial charge is 0.311 e. The Morgan fingerprint density at radius 3 is 2.31 bits per heavy atom. The van der Waals surface area contributed by atoms with Crippen molar-refractivity contribution in [3.05, 3.63) is 59.8 Å². The van der Waals surface area contributed by atoms with Crippen LogP contribution in [0, 0.1) is 0 Å². The maximum absolute atomic E-state index is 12.8. The number of halogens is 4. The minimum absolute atomic E-state index is 0.0619. The quantitative estimate of drug-likeness (QED) is 0.0737. The molecule has 2 aliphatic heterocycles.